The second kappa shape index (κ2) is 8.38. The first-order chi connectivity index (χ1) is 12.7. The van der Waals surface area contributed by atoms with Gasteiger partial charge in [-0.15, -0.1) is 10.2 Å². The van der Waals surface area contributed by atoms with Crippen molar-refractivity contribution in [2.24, 2.45) is 0 Å². The van der Waals surface area contributed by atoms with Crippen LogP contribution in [-0.4, -0.2) is 37.1 Å². The maximum absolute atomic E-state index is 13.0. The Morgan fingerprint density at radius 3 is 2.54 bits per heavy atom. The molecule has 0 aliphatic rings. The van der Waals surface area contributed by atoms with E-state index in [0.717, 1.165) is 19.4 Å². The molecule has 0 aliphatic carbocycles. The van der Waals surface area contributed by atoms with E-state index in [2.05, 4.69) is 41.2 Å². The number of aromatic nitrogens is 4. The minimum atomic E-state index is 0.00418. The Hall–Kier alpha value is -3.02. The summed E-state index contributed by atoms with van der Waals surface area (Å²) in [5.74, 6) is 0.690. The maximum atomic E-state index is 13.0. The molecule has 0 N–H and O–H groups in total. The van der Waals surface area contributed by atoms with Crippen LogP contribution in [0.1, 0.15) is 41.3 Å². The monoisotopic (exact) mass is 349 g/mol. The number of amides is 1. The van der Waals surface area contributed by atoms with Crippen molar-refractivity contribution in [2.75, 3.05) is 6.54 Å². The topological polar surface area (TPSA) is 63.9 Å². The highest BCUT2D eigenvalue weighted by molar-refractivity contribution is 5.94. The molecule has 0 aliphatic heterocycles. The van der Waals surface area contributed by atoms with Gasteiger partial charge in [0.1, 0.15) is 18.5 Å². The van der Waals surface area contributed by atoms with Crippen molar-refractivity contribution < 1.29 is 4.79 Å². The number of carbonyl (C=O) groups is 1. The number of hydrogen-bond donors (Lipinski definition) is 0. The van der Waals surface area contributed by atoms with Gasteiger partial charge < -0.3 is 4.90 Å². The van der Waals surface area contributed by atoms with Crippen LogP contribution in [0.15, 0.2) is 55.2 Å². The number of nitrogens with zero attached hydrogens (tertiary/aromatic N) is 5. The van der Waals surface area contributed by atoms with E-state index in [1.165, 1.54) is 11.1 Å². The number of pyridine rings is 1. The zero-order chi connectivity index (χ0) is 18.4. The normalized spacial score (nSPS) is 10.7. The van der Waals surface area contributed by atoms with E-state index < -0.39 is 0 Å². The smallest absolute Gasteiger partial charge is 0.255 e. The highest BCUT2D eigenvalue weighted by Gasteiger charge is 2.17. The van der Waals surface area contributed by atoms with Crippen LogP contribution in [0.5, 0.6) is 0 Å². The molecule has 1 aromatic carbocycles. The number of hydrogen-bond acceptors (Lipinski definition) is 4. The largest absolute Gasteiger partial charge is 0.334 e. The molecule has 2 aromatic heterocycles. The van der Waals surface area contributed by atoms with Crippen molar-refractivity contribution in [1.82, 2.24) is 24.6 Å². The summed E-state index contributed by atoms with van der Waals surface area (Å²) in [5, 5.41) is 7.54. The van der Waals surface area contributed by atoms with Gasteiger partial charge in [-0.2, -0.15) is 0 Å². The number of unbranched alkanes of at least 4 members (excludes halogenated alkanes) is 1. The molecule has 0 spiro atoms. The maximum Gasteiger partial charge on any atom is 0.255 e. The Bertz CT molecular complexity index is 843. The zero-order valence-corrected chi connectivity index (χ0v) is 15.2. The van der Waals surface area contributed by atoms with Crippen LogP contribution in [0.4, 0.5) is 0 Å². The first-order valence-corrected chi connectivity index (χ1v) is 8.84. The minimum absolute atomic E-state index is 0.00418. The van der Waals surface area contributed by atoms with Crippen molar-refractivity contribution in [2.45, 2.75) is 33.2 Å². The molecule has 26 heavy (non-hydrogen) atoms. The summed E-state index contributed by atoms with van der Waals surface area (Å²) < 4.78 is 1.70. The molecule has 3 rings (SSSR count). The molecular formula is C20H23N5O. The van der Waals surface area contributed by atoms with Crippen LogP contribution in [0.2, 0.25) is 0 Å². The van der Waals surface area contributed by atoms with Gasteiger partial charge in [-0.3, -0.25) is 9.36 Å². The fourth-order valence-corrected chi connectivity index (χ4v) is 2.76. The van der Waals surface area contributed by atoms with Gasteiger partial charge in [0.2, 0.25) is 0 Å². The van der Waals surface area contributed by atoms with Crippen LogP contribution in [-0.2, 0) is 6.54 Å². The van der Waals surface area contributed by atoms with Crippen LogP contribution >= 0.6 is 0 Å². The average molecular weight is 349 g/mol. The van der Waals surface area contributed by atoms with E-state index in [0.29, 0.717) is 17.9 Å². The van der Waals surface area contributed by atoms with Crippen molar-refractivity contribution in [3.8, 4) is 5.82 Å². The van der Waals surface area contributed by atoms with Gasteiger partial charge in [-0.25, -0.2) is 4.98 Å². The quantitative estimate of drug-likeness (QED) is 0.656. The summed E-state index contributed by atoms with van der Waals surface area (Å²) in [6, 6.07) is 11.8. The summed E-state index contributed by atoms with van der Waals surface area (Å²) in [4.78, 5) is 19.3. The molecule has 3 aromatic rings. The van der Waals surface area contributed by atoms with E-state index in [4.69, 9.17) is 0 Å². The third-order valence-electron chi connectivity index (χ3n) is 4.37. The Kier molecular flexibility index (Phi) is 5.73. The molecule has 0 unspecified atom stereocenters. The second-order valence-corrected chi connectivity index (χ2v) is 6.28. The highest BCUT2D eigenvalue weighted by Crippen LogP contribution is 2.15. The molecule has 6 heteroatoms. The van der Waals surface area contributed by atoms with Gasteiger partial charge in [0.15, 0.2) is 0 Å². The lowest BCUT2D eigenvalue weighted by Crippen LogP contribution is -2.32. The van der Waals surface area contributed by atoms with Gasteiger partial charge >= 0.3 is 0 Å². The van der Waals surface area contributed by atoms with Crippen LogP contribution in [0.3, 0.4) is 0 Å². The third-order valence-corrected chi connectivity index (χ3v) is 4.37. The van der Waals surface area contributed by atoms with Gasteiger partial charge in [-0.1, -0.05) is 37.6 Å². The molecule has 0 fully saturated rings. The number of benzene rings is 1. The molecule has 6 nitrogen and oxygen atoms in total. The summed E-state index contributed by atoms with van der Waals surface area (Å²) in [7, 11) is 0. The van der Waals surface area contributed by atoms with E-state index in [-0.39, 0.29) is 5.91 Å². The van der Waals surface area contributed by atoms with E-state index in [9.17, 15) is 4.79 Å². The first kappa shape index (κ1) is 17.8. The highest BCUT2D eigenvalue weighted by atomic mass is 16.2. The van der Waals surface area contributed by atoms with Gasteiger partial charge in [0.25, 0.3) is 5.91 Å². The summed E-state index contributed by atoms with van der Waals surface area (Å²) >= 11 is 0. The first-order valence-electron chi connectivity index (χ1n) is 8.84. The second-order valence-electron chi connectivity index (χ2n) is 6.28. The predicted molar refractivity (Wildman–Crippen MR) is 100.0 cm³/mol. The molecule has 0 atom stereocenters. The van der Waals surface area contributed by atoms with E-state index >= 15 is 0 Å². The van der Waals surface area contributed by atoms with Gasteiger partial charge in [0.05, 0.1) is 5.56 Å². The Morgan fingerprint density at radius 1 is 1.12 bits per heavy atom. The molecule has 2 heterocycles. The molecule has 134 valence electrons. The summed E-state index contributed by atoms with van der Waals surface area (Å²) in [6.07, 6.45) is 6.80. The lowest BCUT2D eigenvalue weighted by Gasteiger charge is -2.23. The molecule has 0 bridgehead atoms. The van der Waals surface area contributed by atoms with Crippen molar-refractivity contribution in [1.29, 1.82) is 0 Å². The average Bonchev–Trinajstić information content (AvgIpc) is 3.21. The van der Waals surface area contributed by atoms with E-state index in [1.54, 1.807) is 23.4 Å². The Morgan fingerprint density at radius 2 is 1.88 bits per heavy atom. The zero-order valence-electron chi connectivity index (χ0n) is 15.2. The molecule has 0 radical (unpaired) electrons. The van der Waals surface area contributed by atoms with Crippen LogP contribution in [0, 0.1) is 6.92 Å². The predicted octanol–water partition coefficient (Wildman–Crippen LogP) is 3.41. The number of rotatable bonds is 7. The summed E-state index contributed by atoms with van der Waals surface area (Å²) in [5.41, 5.74) is 2.96. The van der Waals surface area contributed by atoms with Crippen molar-refractivity contribution in [3.05, 3.63) is 71.9 Å². The molecule has 1 amide bonds. The van der Waals surface area contributed by atoms with Crippen LogP contribution < -0.4 is 0 Å². The molecular weight excluding hydrogens is 326 g/mol. The van der Waals surface area contributed by atoms with Gasteiger partial charge in [-0.05, 0) is 36.6 Å². The summed E-state index contributed by atoms with van der Waals surface area (Å²) in [6.45, 7) is 5.55. The fraction of sp³-hybridized carbons (Fsp3) is 0.300. The van der Waals surface area contributed by atoms with Crippen molar-refractivity contribution in [3.63, 3.8) is 0 Å². The number of carbonyl (C=O) groups excluding carboxylic acids is 1. The SMILES string of the molecule is CCCCN(Cc1ccccc1C)C(=O)c1ccc(-n2cnnc2)nc1. The molecule has 0 saturated heterocycles. The lowest BCUT2D eigenvalue weighted by molar-refractivity contribution is 0.0740. The number of aryl methyl sites for hydroxylation is 1. The fourth-order valence-electron chi connectivity index (χ4n) is 2.76. The van der Waals surface area contributed by atoms with E-state index in [1.807, 2.05) is 29.2 Å². The Balaban J connectivity index is 1.79. The molecule has 0 saturated carbocycles. The Labute approximate surface area is 153 Å². The third kappa shape index (κ3) is 4.14. The van der Waals surface area contributed by atoms with Crippen molar-refractivity contribution >= 4 is 5.91 Å². The standard InChI is InChI=1S/C20H23N5O/c1-3-4-11-24(13-18-8-6-5-7-16(18)2)20(26)17-9-10-19(21-12-17)25-14-22-23-15-25/h5-10,12,14-15H,3-4,11,13H2,1-2H3. The van der Waals surface area contributed by atoms with Gasteiger partial charge in [0, 0.05) is 19.3 Å². The lowest BCUT2D eigenvalue weighted by atomic mass is 10.1. The minimum Gasteiger partial charge on any atom is -0.334 e. The van der Waals surface area contributed by atoms with Crippen LogP contribution in [0.25, 0.3) is 5.82 Å².